The van der Waals surface area contributed by atoms with Crippen molar-refractivity contribution in [3.63, 3.8) is 0 Å². The first kappa shape index (κ1) is 14.7. The molecule has 3 heteroatoms. The zero-order valence-electron chi connectivity index (χ0n) is 12.4. The van der Waals surface area contributed by atoms with Crippen LogP contribution in [0.4, 0.5) is 0 Å². The Morgan fingerprint density at radius 1 is 1.22 bits per heavy atom. The minimum atomic E-state index is -0.186. The van der Waals surface area contributed by atoms with Crippen molar-refractivity contribution >= 4 is 5.78 Å². The smallest absolute Gasteiger partial charge is 0.151 e. The predicted octanol–water partition coefficient (Wildman–Crippen LogP) is 2.81. The second-order valence-corrected chi connectivity index (χ2v) is 5.04. The highest BCUT2D eigenvalue weighted by atomic mass is 16.5. The maximum Gasteiger partial charge on any atom is 0.151 e. The maximum atomic E-state index is 11.9. The molecule has 1 aromatic rings. The zero-order chi connectivity index (χ0) is 14.0. The van der Waals surface area contributed by atoms with Crippen LogP contribution >= 0.6 is 0 Å². The predicted molar refractivity (Wildman–Crippen MR) is 74.3 cm³/mol. The van der Waals surface area contributed by atoms with Gasteiger partial charge in [-0.1, -0.05) is 0 Å². The summed E-state index contributed by atoms with van der Waals surface area (Å²) >= 11 is 0. The number of hydrogen-bond donors (Lipinski definition) is 0. The van der Waals surface area contributed by atoms with Gasteiger partial charge in [-0.15, -0.1) is 0 Å². The molecule has 1 aromatic carbocycles. The van der Waals surface area contributed by atoms with Crippen LogP contribution < -0.4 is 4.74 Å². The molecule has 0 aromatic heterocycles. The lowest BCUT2D eigenvalue weighted by molar-refractivity contribution is -0.121. The molecule has 0 aliphatic rings. The van der Waals surface area contributed by atoms with Gasteiger partial charge in [0.1, 0.15) is 5.75 Å². The average Bonchev–Trinajstić information content (AvgIpc) is 2.27. The number of carbonyl (C=O) groups is 1. The van der Waals surface area contributed by atoms with E-state index >= 15 is 0 Å². The minimum absolute atomic E-state index is 0.163. The first-order valence-electron chi connectivity index (χ1n) is 6.12. The Morgan fingerprint density at radius 2 is 1.78 bits per heavy atom. The lowest BCUT2D eigenvalue weighted by Crippen LogP contribution is -2.27. The number of benzene rings is 1. The third kappa shape index (κ3) is 2.56. The molecule has 0 saturated heterocycles. The van der Waals surface area contributed by atoms with Gasteiger partial charge < -0.3 is 4.74 Å². The van der Waals surface area contributed by atoms with Gasteiger partial charge in [0.25, 0.3) is 0 Å². The van der Waals surface area contributed by atoms with Crippen molar-refractivity contribution in [2.24, 2.45) is 0 Å². The molecule has 100 valence electrons. The molecule has 0 bridgehead atoms. The molecule has 0 spiro atoms. The molecule has 18 heavy (non-hydrogen) atoms. The fourth-order valence-corrected chi connectivity index (χ4v) is 2.52. The number of nitrogens with zero attached hydrogens (tertiary/aromatic N) is 1. The number of hydrogen-bond acceptors (Lipinski definition) is 3. The summed E-state index contributed by atoms with van der Waals surface area (Å²) in [5.41, 5.74) is 4.45. The molecule has 0 radical (unpaired) electrons. The van der Waals surface area contributed by atoms with E-state index in [0.717, 1.165) is 28.0 Å². The molecule has 0 N–H and O–H groups in total. The summed E-state index contributed by atoms with van der Waals surface area (Å²) in [6.45, 7) is 7.76. The fourth-order valence-electron chi connectivity index (χ4n) is 2.52. The van der Waals surface area contributed by atoms with E-state index in [9.17, 15) is 4.79 Å². The van der Waals surface area contributed by atoms with Crippen LogP contribution in [0.15, 0.2) is 6.07 Å². The molecular formula is C15H23NO2. The largest absolute Gasteiger partial charge is 0.496 e. The highest BCUT2D eigenvalue weighted by Crippen LogP contribution is 2.33. The van der Waals surface area contributed by atoms with Crippen LogP contribution in [0.1, 0.15) is 35.2 Å². The van der Waals surface area contributed by atoms with Gasteiger partial charge >= 0.3 is 0 Å². The maximum absolute atomic E-state index is 11.9. The second kappa shape index (κ2) is 5.53. The Bertz CT molecular complexity index is 464. The summed E-state index contributed by atoms with van der Waals surface area (Å²) in [5.74, 6) is 1.05. The van der Waals surface area contributed by atoms with Gasteiger partial charge in [0, 0.05) is 0 Å². The molecule has 1 unspecified atom stereocenters. The summed E-state index contributed by atoms with van der Waals surface area (Å²) in [5, 5.41) is 0. The van der Waals surface area contributed by atoms with Crippen molar-refractivity contribution in [1.82, 2.24) is 4.90 Å². The number of likely N-dealkylation sites (N-methyl/N-ethyl adjacent to an activating group) is 1. The molecule has 0 amide bonds. The fraction of sp³-hybridized carbons (Fsp3) is 0.533. The Labute approximate surface area is 110 Å². The van der Waals surface area contributed by atoms with E-state index < -0.39 is 0 Å². The number of ketones is 1. The van der Waals surface area contributed by atoms with Crippen molar-refractivity contribution in [2.75, 3.05) is 21.2 Å². The van der Waals surface area contributed by atoms with E-state index in [1.165, 1.54) is 0 Å². The molecule has 1 atom stereocenters. The van der Waals surface area contributed by atoms with Gasteiger partial charge in [0.05, 0.1) is 13.2 Å². The number of aryl methyl sites for hydroxylation is 1. The van der Waals surface area contributed by atoms with Gasteiger partial charge in [-0.05, 0) is 70.1 Å². The quantitative estimate of drug-likeness (QED) is 0.821. The van der Waals surface area contributed by atoms with Crippen molar-refractivity contribution in [3.8, 4) is 5.75 Å². The third-order valence-electron chi connectivity index (χ3n) is 3.50. The van der Waals surface area contributed by atoms with E-state index in [-0.39, 0.29) is 11.8 Å². The zero-order valence-corrected chi connectivity index (χ0v) is 12.4. The Kier molecular flexibility index (Phi) is 4.52. The van der Waals surface area contributed by atoms with Crippen molar-refractivity contribution < 1.29 is 9.53 Å². The number of Topliss-reactive ketones (excluding diaryl/α,β-unsaturated/α-hetero) is 1. The molecular weight excluding hydrogens is 226 g/mol. The van der Waals surface area contributed by atoms with Crippen LogP contribution in [0, 0.1) is 20.8 Å². The van der Waals surface area contributed by atoms with E-state index in [2.05, 4.69) is 6.92 Å². The van der Waals surface area contributed by atoms with Crippen molar-refractivity contribution in [1.29, 1.82) is 0 Å². The molecule has 0 fully saturated rings. The lowest BCUT2D eigenvalue weighted by Gasteiger charge is -2.27. The first-order valence-corrected chi connectivity index (χ1v) is 6.12. The van der Waals surface area contributed by atoms with Crippen LogP contribution in [0.3, 0.4) is 0 Å². The molecule has 3 nitrogen and oxygen atoms in total. The van der Waals surface area contributed by atoms with Crippen LogP contribution in [-0.2, 0) is 4.79 Å². The molecule has 0 aliphatic heterocycles. The van der Waals surface area contributed by atoms with Gasteiger partial charge in [-0.2, -0.15) is 0 Å². The van der Waals surface area contributed by atoms with Gasteiger partial charge in [-0.3, -0.25) is 9.69 Å². The topological polar surface area (TPSA) is 29.5 Å². The van der Waals surface area contributed by atoms with Gasteiger partial charge in [0.2, 0.25) is 0 Å². The third-order valence-corrected chi connectivity index (χ3v) is 3.50. The number of methoxy groups -OCH3 is 1. The summed E-state index contributed by atoms with van der Waals surface area (Å²) < 4.78 is 5.36. The molecule has 0 heterocycles. The average molecular weight is 249 g/mol. The monoisotopic (exact) mass is 249 g/mol. The number of rotatable bonds is 4. The minimum Gasteiger partial charge on any atom is -0.496 e. The second-order valence-electron chi connectivity index (χ2n) is 5.04. The molecule has 0 aliphatic carbocycles. The summed E-state index contributed by atoms with van der Waals surface area (Å²) in [6, 6.07) is 1.83. The summed E-state index contributed by atoms with van der Waals surface area (Å²) in [4.78, 5) is 13.8. The Morgan fingerprint density at radius 3 is 2.17 bits per heavy atom. The van der Waals surface area contributed by atoms with Crippen molar-refractivity contribution in [3.05, 3.63) is 28.3 Å². The van der Waals surface area contributed by atoms with Crippen LogP contribution in [0.2, 0.25) is 0 Å². The highest BCUT2D eigenvalue weighted by molar-refractivity contribution is 5.84. The van der Waals surface area contributed by atoms with Crippen LogP contribution in [0.25, 0.3) is 0 Å². The van der Waals surface area contributed by atoms with E-state index in [0.29, 0.717) is 0 Å². The highest BCUT2D eigenvalue weighted by Gasteiger charge is 2.24. The lowest BCUT2D eigenvalue weighted by atomic mass is 9.90. The number of ether oxygens (including phenoxy) is 1. The van der Waals surface area contributed by atoms with Crippen LogP contribution in [-0.4, -0.2) is 31.9 Å². The number of carbonyl (C=O) groups excluding carboxylic acids is 1. The van der Waals surface area contributed by atoms with Crippen LogP contribution in [0.5, 0.6) is 5.75 Å². The first-order chi connectivity index (χ1) is 8.31. The van der Waals surface area contributed by atoms with E-state index in [1.54, 1.807) is 14.0 Å². The SMILES string of the molecule is COc1cc(C)c(C(C(C)=O)N(C)C)c(C)c1C. The van der Waals surface area contributed by atoms with Crippen molar-refractivity contribution in [2.45, 2.75) is 33.7 Å². The normalized spacial score (nSPS) is 12.7. The summed E-state index contributed by atoms with van der Waals surface area (Å²) in [7, 11) is 5.55. The Balaban J connectivity index is 3.49. The molecule has 0 saturated carbocycles. The molecule has 1 rings (SSSR count). The van der Waals surface area contributed by atoms with Gasteiger partial charge in [0.15, 0.2) is 5.78 Å². The Hall–Kier alpha value is -1.35. The van der Waals surface area contributed by atoms with E-state index in [4.69, 9.17) is 4.74 Å². The van der Waals surface area contributed by atoms with Gasteiger partial charge in [-0.25, -0.2) is 0 Å². The van der Waals surface area contributed by atoms with E-state index in [1.807, 2.05) is 38.9 Å². The summed E-state index contributed by atoms with van der Waals surface area (Å²) in [6.07, 6.45) is 0. The standard InChI is InChI=1S/C15H23NO2/c1-9-8-13(18-7)10(2)11(3)14(9)15(12(4)17)16(5)6/h8,15H,1-7H3.